The molecular formula is C10H13ClN2O2S2. The third kappa shape index (κ3) is 2.76. The fourth-order valence-corrected chi connectivity index (χ4v) is 4.86. The van der Waals surface area contributed by atoms with E-state index in [4.69, 9.17) is 11.6 Å². The molecule has 0 aliphatic carbocycles. The van der Waals surface area contributed by atoms with Crippen molar-refractivity contribution in [3.05, 3.63) is 23.5 Å². The van der Waals surface area contributed by atoms with Crippen molar-refractivity contribution < 1.29 is 8.42 Å². The van der Waals surface area contributed by atoms with Gasteiger partial charge in [-0.1, -0.05) is 18.5 Å². The Balaban J connectivity index is 2.33. The van der Waals surface area contributed by atoms with E-state index in [2.05, 4.69) is 4.98 Å². The Hall–Kier alpha value is -0.300. The van der Waals surface area contributed by atoms with Gasteiger partial charge < -0.3 is 0 Å². The molecule has 0 bridgehead atoms. The van der Waals surface area contributed by atoms with Gasteiger partial charge >= 0.3 is 0 Å². The standard InChI is InChI=1S/C10H13ClN2O2S2/c1-8-7-13(4-5-16-8)17(14,15)10-6-12-3-2-9(10)11/h2-3,6,8H,4-5,7H2,1H3. The van der Waals surface area contributed by atoms with Gasteiger partial charge in [0.05, 0.1) is 5.02 Å². The predicted octanol–water partition coefficient (Wildman–Crippen LogP) is 1.86. The SMILES string of the molecule is CC1CN(S(=O)(=O)c2cnccc2Cl)CCS1. The van der Waals surface area contributed by atoms with E-state index in [1.54, 1.807) is 11.8 Å². The highest BCUT2D eigenvalue weighted by atomic mass is 35.5. The highest BCUT2D eigenvalue weighted by Gasteiger charge is 2.30. The Kier molecular flexibility index (Phi) is 3.97. The second-order valence-corrected chi connectivity index (χ2v) is 7.71. The summed E-state index contributed by atoms with van der Waals surface area (Å²) >= 11 is 7.70. The van der Waals surface area contributed by atoms with Gasteiger partial charge in [-0.25, -0.2) is 8.42 Å². The molecule has 0 radical (unpaired) electrons. The van der Waals surface area contributed by atoms with Crippen molar-refractivity contribution in [3.8, 4) is 0 Å². The Bertz CT molecular complexity index is 507. The summed E-state index contributed by atoms with van der Waals surface area (Å²) in [5.74, 6) is 0.818. The maximum Gasteiger partial charge on any atom is 0.246 e. The number of aromatic nitrogens is 1. The molecule has 1 atom stereocenters. The molecule has 1 aliphatic rings. The maximum absolute atomic E-state index is 12.3. The van der Waals surface area contributed by atoms with Gasteiger partial charge in [0, 0.05) is 36.5 Å². The van der Waals surface area contributed by atoms with Crippen LogP contribution in [0.4, 0.5) is 0 Å². The Morgan fingerprint density at radius 3 is 3.00 bits per heavy atom. The minimum atomic E-state index is -3.50. The first kappa shape index (κ1) is 13.1. The molecule has 94 valence electrons. The lowest BCUT2D eigenvalue weighted by Crippen LogP contribution is -2.41. The quantitative estimate of drug-likeness (QED) is 0.835. The normalized spacial score (nSPS) is 22.6. The van der Waals surface area contributed by atoms with Crippen LogP contribution in [0.1, 0.15) is 6.92 Å². The highest BCUT2D eigenvalue weighted by molar-refractivity contribution is 8.00. The number of pyridine rings is 1. The predicted molar refractivity (Wildman–Crippen MR) is 69.9 cm³/mol. The number of halogens is 1. The molecule has 0 spiro atoms. The Labute approximate surface area is 110 Å². The minimum absolute atomic E-state index is 0.0979. The lowest BCUT2D eigenvalue weighted by molar-refractivity contribution is 0.424. The van der Waals surface area contributed by atoms with Crippen molar-refractivity contribution in [2.24, 2.45) is 0 Å². The first-order chi connectivity index (χ1) is 8.01. The van der Waals surface area contributed by atoms with Gasteiger partial charge in [0.15, 0.2) is 0 Å². The topological polar surface area (TPSA) is 50.3 Å². The lowest BCUT2D eigenvalue weighted by Gasteiger charge is -2.29. The van der Waals surface area contributed by atoms with Crippen molar-refractivity contribution >= 4 is 33.4 Å². The molecule has 17 heavy (non-hydrogen) atoms. The van der Waals surface area contributed by atoms with Crippen molar-refractivity contribution in [3.63, 3.8) is 0 Å². The first-order valence-electron chi connectivity index (χ1n) is 5.23. The molecule has 1 aromatic rings. The zero-order valence-corrected chi connectivity index (χ0v) is 11.7. The van der Waals surface area contributed by atoms with Gasteiger partial charge in [-0.05, 0) is 6.07 Å². The molecule has 1 aliphatic heterocycles. The Morgan fingerprint density at radius 1 is 1.59 bits per heavy atom. The maximum atomic E-state index is 12.3. The molecule has 2 rings (SSSR count). The van der Waals surface area contributed by atoms with Crippen LogP contribution in [0.15, 0.2) is 23.4 Å². The van der Waals surface area contributed by atoms with Crippen molar-refractivity contribution in [2.45, 2.75) is 17.1 Å². The molecule has 7 heteroatoms. The van der Waals surface area contributed by atoms with Crippen LogP contribution in [0.25, 0.3) is 0 Å². The molecule has 0 amide bonds. The van der Waals surface area contributed by atoms with Crippen LogP contribution < -0.4 is 0 Å². The third-order valence-electron chi connectivity index (χ3n) is 2.56. The second-order valence-electron chi connectivity index (χ2n) is 3.85. The third-order valence-corrected chi connectivity index (χ3v) is 6.03. The van der Waals surface area contributed by atoms with Crippen LogP contribution in [0, 0.1) is 0 Å². The summed E-state index contributed by atoms with van der Waals surface area (Å²) < 4.78 is 26.2. The van der Waals surface area contributed by atoms with Crippen LogP contribution >= 0.6 is 23.4 Å². The van der Waals surface area contributed by atoms with E-state index >= 15 is 0 Å². The van der Waals surface area contributed by atoms with Gasteiger partial charge in [0.2, 0.25) is 10.0 Å². The summed E-state index contributed by atoms with van der Waals surface area (Å²) in [5, 5.41) is 0.542. The van der Waals surface area contributed by atoms with Crippen molar-refractivity contribution in [2.75, 3.05) is 18.8 Å². The van der Waals surface area contributed by atoms with E-state index in [9.17, 15) is 8.42 Å². The van der Waals surface area contributed by atoms with Gasteiger partial charge in [-0.3, -0.25) is 4.98 Å². The summed E-state index contributed by atoms with van der Waals surface area (Å²) in [6.45, 7) is 3.08. The van der Waals surface area contributed by atoms with E-state index < -0.39 is 10.0 Å². The van der Waals surface area contributed by atoms with E-state index in [-0.39, 0.29) is 9.92 Å². The summed E-state index contributed by atoms with van der Waals surface area (Å²) in [6.07, 6.45) is 2.79. The molecule has 0 saturated carbocycles. The molecule has 1 unspecified atom stereocenters. The van der Waals surface area contributed by atoms with Gasteiger partial charge in [0.1, 0.15) is 4.90 Å². The number of rotatable bonds is 2. The zero-order valence-electron chi connectivity index (χ0n) is 9.34. The zero-order chi connectivity index (χ0) is 12.5. The number of nitrogens with zero attached hydrogens (tertiary/aromatic N) is 2. The molecule has 1 saturated heterocycles. The average molecular weight is 293 g/mol. The molecule has 0 N–H and O–H groups in total. The van der Waals surface area contributed by atoms with Crippen molar-refractivity contribution in [1.29, 1.82) is 0 Å². The monoisotopic (exact) mass is 292 g/mol. The molecule has 1 aromatic heterocycles. The number of thioether (sulfide) groups is 1. The summed E-state index contributed by atoms with van der Waals surface area (Å²) in [6, 6.07) is 1.50. The summed E-state index contributed by atoms with van der Waals surface area (Å²) in [7, 11) is -3.50. The first-order valence-corrected chi connectivity index (χ1v) is 8.10. The van der Waals surface area contributed by atoms with Gasteiger partial charge in [-0.15, -0.1) is 0 Å². The molecule has 2 heterocycles. The minimum Gasteiger partial charge on any atom is -0.263 e. The highest BCUT2D eigenvalue weighted by Crippen LogP contribution is 2.27. The largest absolute Gasteiger partial charge is 0.263 e. The Morgan fingerprint density at radius 2 is 2.35 bits per heavy atom. The second kappa shape index (κ2) is 5.14. The van der Waals surface area contributed by atoms with Crippen molar-refractivity contribution in [1.82, 2.24) is 9.29 Å². The summed E-state index contributed by atoms with van der Waals surface area (Å²) in [4.78, 5) is 3.93. The lowest BCUT2D eigenvalue weighted by atomic mass is 10.4. The molecule has 1 fully saturated rings. The fraction of sp³-hybridized carbons (Fsp3) is 0.500. The van der Waals surface area contributed by atoms with Crippen LogP contribution in [0.2, 0.25) is 5.02 Å². The summed E-state index contributed by atoms with van der Waals surface area (Å²) in [5.41, 5.74) is 0. The number of sulfonamides is 1. The average Bonchev–Trinajstić information content (AvgIpc) is 2.29. The van der Waals surface area contributed by atoms with Gasteiger partial charge in [0.25, 0.3) is 0 Å². The van der Waals surface area contributed by atoms with Gasteiger partial charge in [-0.2, -0.15) is 16.1 Å². The van der Waals surface area contributed by atoms with Crippen LogP contribution in [0.3, 0.4) is 0 Å². The molecule has 4 nitrogen and oxygen atoms in total. The van der Waals surface area contributed by atoms with E-state index in [1.807, 2.05) is 6.92 Å². The number of hydrogen-bond donors (Lipinski definition) is 0. The molecule has 0 aromatic carbocycles. The van der Waals surface area contributed by atoms with Crippen LogP contribution in [0.5, 0.6) is 0 Å². The van der Waals surface area contributed by atoms with E-state index in [1.165, 1.54) is 22.8 Å². The molecular weight excluding hydrogens is 280 g/mol. The fourth-order valence-electron chi connectivity index (χ4n) is 1.70. The number of hydrogen-bond acceptors (Lipinski definition) is 4. The van der Waals surface area contributed by atoms with Crippen LogP contribution in [-0.4, -0.2) is 41.8 Å². The van der Waals surface area contributed by atoms with Crippen LogP contribution in [-0.2, 0) is 10.0 Å². The van der Waals surface area contributed by atoms with E-state index in [0.29, 0.717) is 18.3 Å². The smallest absolute Gasteiger partial charge is 0.246 e. The van der Waals surface area contributed by atoms with E-state index in [0.717, 1.165) is 5.75 Å².